The van der Waals surface area contributed by atoms with E-state index < -0.39 is 18.7 Å². The van der Waals surface area contributed by atoms with E-state index in [1.165, 1.54) is 11.1 Å². The fourth-order valence-electron chi connectivity index (χ4n) is 4.32. The van der Waals surface area contributed by atoms with Gasteiger partial charge in [0.1, 0.15) is 13.2 Å². The molecule has 8 nitrogen and oxygen atoms in total. The third-order valence-corrected chi connectivity index (χ3v) is 6.04. The molecule has 0 saturated heterocycles. The molecule has 0 aromatic heterocycles. The Morgan fingerprint density at radius 3 is 2.24 bits per heavy atom. The molecule has 0 aliphatic heterocycles. The summed E-state index contributed by atoms with van der Waals surface area (Å²) in [7, 11) is 0. The normalized spacial score (nSPS) is 15.3. The number of carboxylic acids is 1. The van der Waals surface area contributed by atoms with Gasteiger partial charge in [-0.25, -0.2) is 9.59 Å². The van der Waals surface area contributed by atoms with Gasteiger partial charge in [0.25, 0.3) is 0 Å². The number of ether oxygens (including phenoxy) is 2. The van der Waals surface area contributed by atoms with Gasteiger partial charge in [-0.3, -0.25) is 4.79 Å². The zero-order chi connectivity index (χ0) is 23.2. The van der Waals surface area contributed by atoms with Crippen molar-refractivity contribution in [2.75, 3.05) is 26.4 Å². The molecule has 8 heteroatoms. The maximum atomic E-state index is 12.6. The quantitative estimate of drug-likeness (QED) is 0.452. The number of alkyl carbamates (subject to hydrolysis) is 1. The lowest BCUT2D eigenvalue weighted by atomic mass is 9.98. The van der Waals surface area contributed by atoms with Crippen LogP contribution in [0.2, 0.25) is 0 Å². The van der Waals surface area contributed by atoms with Crippen molar-refractivity contribution >= 4 is 18.0 Å². The second-order valence-electron chi connectivity index (χ2n) is 8.41. The first-order chi connectivity index (χ1) is 16.0. The Balaban J connectivity index is 1.27. The maximum Gasteiger partial charge on any atom is 0.407 e. The van der Waals surface area contributed by atoms with Gasteiger partial charge in [-0.2, -0.15) is 0 Å². The number of rotatable bonds is 11. The summed E-state index contributed by atoms with van der Waals surface area (Å²) in [5.41, 5.74) is 4.63. The van der Waals surface area contributed by atoms with Crippen LogP contribution in [0.15, 0.2) is 48.5 Å². The van der Waals surface area contributed by atoms with E-state index in [1.807, 2.05) is 24.3 Å². The lowest BCUT2D eigenvalue weighted by Gasteiger charge is -2.19. The van der Waals surface area contributed by atoms with Crippen molar-refractivity contribution in [1.29, 1.82) is 0 Å². The van der Waals surface area contributed by atoms with Crippen LogP contribution in [0.1, 0.15) is 36.3 Å². The number of aliphatic carboxylic acids is 1. The molecular weight excluding hydrogens is 424 g/mol. The fourth-order valence-corrected chi connectivity index (χ4v) is 4.32. The molecule has 33 heavy (non-hydrogen) atoms. The highest BCUT2D eigenvalue weighted by Crippen LogP contribution is 2.44. The number of hydrogen-bond donors (Lipinski definition) is 3. The minimum absolute atomic E-state index is 0.0170. The lowest BCUT2D eigenvalue weighted by molar-refractivity contribution is -0.142. The zero-order valence-corrected chi connectivity index (χ0v) is 18.3. The molecule has 4 rings (SSSR count). The monoisotopic (exact) mass is 452 g/mol. The van der Waals surface area contributed by atoms with E-state index in [9.17, 15) is 14.4 Å². The van der Waals surface area contributed by atoms with Crippen LogP contribution in [0, 0.1) is 5.92 Å². The number of benzene rings is 2. The number of nitrogens with one attached hydrogen (secondary N) is 2. The van der Waals surface area contributed by atoms with Gasteiger partial charge in [0.2, 0.25) is 5.91 Å². The topological polar surface area (TPSA) is 114 Å². The Morgan fingerprint density at radius 1 is 1.00 bits per heavy atom. The lowest BCUT2D eigenvalue weighted by Crippen LogP contribution is -2.41. The molecule has 2 aromatic rings. The Morgan fingerprint density at radius 2 is 1.64 bits per heavy atom. The SMILES string of the molecule is O=C(O)COCCNC(=O)CC(NC(=O)OCC1c2ccccc2-c2ccccc21)C1CC1. The van der Waals surface area contributed by atoms with Crippen LogP contribution in [0.3, 0.4) is 0 Å². The summed E-state index contributed by atoms with van der Waals surface area (Å²) in [6.07, 6.45) is 1.55. The molecule has 174 valence electrons. The molecule has 1 fully saturated rings. The van der Waals surface area contributed by atoms with Crippen LogP contribution in [-0.2, 0) is 19.1 Å². The molecule has 2 aromatic carbocycles. The highest BCUT2D eigenvalue weighted by atomic mass is 16.5. The van der Waals surface area contributed by atoms with Gasteiger partial charge >= 0.3 is 12.1 Å². The number of fused-ring (bicyclic) bond motifs is 3. The largest absolute Gasteiger partial charge is 0.480 e. The van der Waals surface area contributed by atoms with Crippen molar-refractivity contribution in [3.63, 3.8) is 0 Å². The van der Waals surface area contributed by atoms with Gasteiger partial charge in [0.05, 0.1) is 6.61 Å². The number of amides is 2. The summed E-state index contributed by atoms with van der Waals surface area (Å²) < 4.78 is 10.5. The van der Waals surface area contributed by atoms with Crippen molar-refractivity contribution in [3.8, 4) is 11.1 Å². The molecule has 3 N–H and O–H groups in total. The number of carbonyl (C=O) groups is 3. The Bertz CT molecular complexity index is 974. The van der Waals surface area contributed by atoms with E-state index >= 15 is 0 Å². The third-order valence-electron chi connectivity index (χ3n) is 6.04. The van der Waals surface area contributed by atoms with Crippen LogP contribution >= 0.6 is 0 Å². The van der Waals surface area contributed by atoms with E-state index in [0.717, 1.165) is 24.0 Å². The summed E-state index contributed by atoms with van der Waals surface area (Å²) >= 11 is 0. The van der Waals surface area contributed by atoms with Crippen LogP contribution in [0.25, 0.3) is 11.1 Å². The summed E-state index contributed by atoms with van der Waals surface area (Å²) in [5, 5.41) is 14.1. The van der Waals surface area contributed by atoms with Crippen molar-refractivity contribution in [1.82, 2.24) is 10.6 Å². The molecule has 0 radical (unpaired) electrons. The van der Waals surface area contributed by atoms with Gasteiger partial charge in [-0.15, -0.1) is 0 Å². The standard InChI is InChI=1S/C25H28N2O6/c28-23(26-11-12-32-15-24(29)30)13-22(16-9-10-16)27-25(31)33-14-21-19-7-3-1-5-17(19)18-6-2-4-8-20(18)21/h1-8,16,21-22H,9-15H2,(H,26,28)(H,27,31)(H,29,30). The molecule has 0 bridgehead atoms. The average Bonchev–Trinajstić information content (AvgIpc) is 3.60. The van der Waals surface area contributed by atoms with Crippen LogP contribution in [0.4, 0.5) is 4.79 Å². The highest BCUT2D eigenvalue weighted by molar-refractivity contribution is 5.79. The Labute approximate surface area is 192 Å². The first-order valence-electron chi connectivity index (χ1n) is 11.2. The minimum Gasteiger partial charge on any atom is -0.480 e. The maximum absolute atomic E-state index is 12.6. The predicted octanol–water partition coefficient (Wildman–Crippen LogP) is 2.91. The third kappa shape index (κ3) is 5.90. The zero-order valence-electron chi connectivity index (χ0n) is 18.3. The van der Waals surface area contributed by atoms with E-state index in [-0.39, 0.29) is 50.0 Å². The van der Waals surface area contributed by atoms with Gasteiger partial charge in [-0.1, -0.05) is 48.5 Å². The molecule has 1 unspecified atom stereocenters. The molecule has 1 saturated carbocycles. The molecular formula is C25H28N2O6. The second-order valence-corrected chi connectivity index (χ2v) is 8.41. The van der Waals surface area contributed by atoms with Crippen molar-refractivity contribution < 1.29 is 29.0 Å². The van der Waals surface area contributed by atoms with Gasteiger partial charge in [-0.05, 0) is 41.0 Å². The second kappa shape index (κ2) is 10.5. The summed E-state index contributed by atoms with van der Waals surface area (Å²) in [5.74, 6) is -1.02. The van der Waals surface area contributed by atoms with Crippen molar-refractivity contribution in [2.45, 2.75) is 31.2 Å². The van der Waals surface area contributed by atoms with E-state index in [0.29, 0.717) is 0 Å². The average molecular weight is 453 g/mol. The molecule has 0 spiro atoms. The number of carbonyl (C=O) groups excluding carboxylic acids is 2. The summed E-state index contributed by atoms with van der Waals surface area (Å²) in [6, 6.07) is 16.0. The first kappa shape index (κ1) is 22.8. The Kier molecular flexibility index (Phi) is 7.24. The van der Waals surface area contributed by atoms with E-state index in [2.05, 4.69) is 34.9 Å². The van der Waals surface area contributed by atoms with Crippen LogP contribution in [0.5, 0.6) is 0 Å². The molecule has 1 atom stereocenters. The van der Waals surface area contributed by atoms with Crippen LogP contribution in [-0.4, -0.2) is 55.5 Å². The van der Waals surface area contributed by atoms with Crippen molar-refractivity contribution in [3.05, 3.63) is 59.7 Å². The summed E-state index contributed by atoms with van der Waals surface area (Å²) in [6.45, 7) is 0.161. The van der Waals surface area contributed by atoms with Gasteiger partial charge < -0.3 is 25.2 Å². The number of hydrogen-bond acceptors (Lipinski definition) is 5. The molecule has 2 amide bonds. The van der Waals surface area contributed by atoms with Crippen molar-refractivity contribution in [2.24, 2.45) is 5.92 Å². The molecule has 2 aliphatic carbocycles. The van der Waals surface area contributed by atoms with Gasteiger partial charge in [0, 0.05) is 24.9 Å². The predicted molar refractivity (Wildman–Crippen MR) is 121 cm³/mol. The molecule has 0 heterocycles. The fraction of sp³-hybridized carbons (Fsp3) is 0.400. The highest BCUT2D eigenvalue weighted by Gasteiger charge is 2.35. The summed E-state index contributed by atoms with van der Waals surface area (Å²) in [4.78, 5) is 35.2. The Hall–Kier alpha value is -3.39. The smallest absolute Gasteiger partial charge is 0.407 e. The van der Waals surface area contributed by atoms with Gasteiger partial charge in [0.15, 0.2) is 0 Å². The molecule has 2 aliphatic rings. The van der Waals surface area contributed by atoms with Crippen LogP contribution < -0.4 is 10.6 Å². The first-order valence-corrected chi connectivity index (χ1v) is 11.2. The van der Waals surface area contributed by atoms with E-state index in [1.54, 1.807) is 0 Å². The minimum atomic E-state index is -1.05. The van der Waals surface area contributed by atoms with E-state index in [4.69, 9.17) is 14.6 Å². The number of carboxylic acid groups (broad SMARTS) is 1.